The number of aromatic nitrogens is 2. The summed E-state index contributed by atoms with van der Waals surface area (Å²) >= 11 is 3.68. The number of rotatable bonds is 1. The van der Waals surface area contributed by atoms with Crippen LogP contribution in [0.1, 0.15) is 18.2 Å². The Labute approximate surface area is 99.0 Å². The third-order valence-electron chi connectivity index (χ3n) is 3.02. The zero-order valence-corrected chi connectivity index (χ0v) is 11.0. The van der Waals surface area contributed by atoms with Crippen LogP contribution in [0, 0.1) is 19.8 Å². The summed E-state index contributed by atoms with van der Waals surface area (Å²) in [6.07, 6.45) is 1.91. The highest BCUT2D eigenvalue weighted by Gasteiger charge is 2.28. The van der Waals surface area contributed by atoms with E-state index in [-0.39, 0.29) is 0 Å². The first-order chi connectivity index (χ1) is 7.08. The predicted molar refractivity (Wildman–Crippen MR) is 65.6 cm³/mol. The average molecular weight is 270 g/mol. The van der Waals surface area contributed by atoms with Crippen molar-refractivity contribution in [2.75, 3.05) is 18.0 Å². The highest BCUT2D eigenvalue weighted by molar-refractivity contribution is 9.09. The molecule has 0 saturated carbocycles. The van der Waals surface area contributed by atoms with Gasteiger partial charge in [-0.1, -0.05) is 22.9 Å². The Hall–Kier alpha value is -0.640. The molecule has 1 saturated heterocycles. The molecule has 0 aliphatic carbocycles. The van der Waals surface area contributed by atoms with Gasteiger partial charge in [0.1, 0.15) is 0 Å². The summed E-state index contributed by atoms with van der Waals surface area (Å²) in [4.78, 5) is 11.7. The molecule has 3 nitrogen and oxygen atoms in total. The molecule has 0 N–H and O–H groups in total. The zero-order valence-electron chi connectivity index (χ0n) is 9.37. The van der Waals surface area contributed by atoms with Crippen molar-refractivity contribution >= 4 is 21.9 Å². The van der Waals surface area contributed by atoms with E-state index in [1.807, 2.05) is 20.0 Å². The van der Waals surface area contributed by atoms with Gasteiger partial charge in [-0.25, -0.2) is 9.97 Å². The Balaban J connectivity index is 2.20. The van der Waals surface area contributed by atoms with Gasteiger partial charge in [-0.3, -0.25) is 0 Å². The molecule has 1 aromatic rings. The average Bonchev–Trinajstić information content (AvgIpc) is 2.52. The fourth-order valence-electron chi connectivity index (χ4n) is 1.76. The maximum atomic E-state index is 4.52. The topological polar surface area (TPSA) is 29.0 Å². The van der Waals surface area contributed by atoms with Crippen LogP contribution in [-0.2, 0) is 0 Å². The van der Waals surface area contributed by atoms with Crippen molar-refractivity contribution in [1.29, 1.82) is 0 Å². The van der Waals surface area contributed by atoms with E-state index >= 15 is 0 Å². The second-order valence-electron chi connectivity index (χ2n) is 4.34. The van der Waals surface area contributed by atoms with E-state index in [2.05, 4.69) is 37.7 Å². The van der Waals surface area contributed by atoms with Crippen molar-refractivity contribution in [1.82, 2.24) is 9.97 Å². The van der Waals surface area contributed by atoms with Gasteiger partial charge in [-0.2, -0.15) is 0 Å². The lowest BCUT2D eigenvalue weighted by atomic mass is 10.2. The third kappa shape index (κ3) is 2.14. The lowest BCUT2D eigenvalue weighted by Gasteiger charge is -2.16. The molecule has 2 rings (SSSR count). The molecule has 0 radical (unpaired) electrons. The van der Waals surface area contributed by atoms with Crippen LogP contribution in [0.25, 0.3) is 0 Å². The van der Waals surface area contributed by atoms with Gasteiger partial charge < -0.3 is 4.90 Å². The Morgan fingerprint density at radius 3 is 2.67 bits per heavy atom. The van der Waals surface area contributed by atoms with Crippen LogP contribution in [0.2, 0.25) is 0 Å². The van der Waals surface area contributed by atoms with E-state index in [1.165, 1.54) is 0 Å². The second kappa shape index (κ2) is 4.08. The summed E-state index contributed by atoms with van der Waals surface area (Å²) in [5.41, 5.74) is 2.23. The Morgan fingerprint density at radius 1 is 1.40 bits per heavy atom. The summed E-state index contributed by atoms with van der Waals surface area (Å²) in [5.74, 6) is 1.53. The molecule has 4 heteroatoms. The molecule has 1 aliphatic rings. The fraction of sp³-hybridized carbons (Fsp3) is 0.636. The summed E-state index contributed by atoms with van der Waals surface area (Å²) in [5, 5.41) is 0. The van der Waals surface area contributed by atoms with Crippen LogP contribution in [0.4, 0.5) is 5.95 Å². The smallest absolute Gasteiger partial charge is 0.225 e. The minimum absolute atomic E-state index is 0.558. The van der Waals surface area contributed by atoms with Crippen LogP contribution in [0.3, 0.4) is 0 Å². The molecule has 0 aromatic carbocycles. The maximum absolute atomic E-state index is 4.52. The molecule has 2 atom stereocenters. The van der Waals surface area contributed by atoms with Gasteiger partial charge in [0.25, 0.3) is 0 Å². The molecule has 82 valence electrons. The Morgan fingerprint density at radius 2 is 2.13 bits per heavy atom. The van der Waals surface area contributed by atoms with Crippen molar-refractivity contribution in [3.05, 3.63) is 17.5 Å². The van der Waals surface area contributed by atoms with E-state index in [0.717, 1.165) is 30.3 Å². The molecule has 2 heterocycles. The van der Waals surface area contributed by atoms with E-state index in [1.54, 1.807) is 0 Å². The monoisotopic (exact) mass is 269 g/mol. The second-order valence-corrected chi connectivity index (χ2v) is 5.51. The van der Waals surface area contributed by atoms with Crippen molar-refractivity contribution in [3.8, 4) is 0 Å². The number of anilines is 1. The molecule has 0 bridgehead atoms. The van der Waals surface area contributed by atoms with Gasteiger partial charge >= 0.3 is 0 Å². The van der Waals surface area contributed by atoms with E-state index in [9.17, 15) is 0 Å². The van der Waals surface area contributed by atoms with Gasteiger partial charge in [0.2, 0.25) is 5.95 Å². The molecule has 1 aromatic heterocycles. The first-order valence-corrected chi connectivity index (χ1v) is 6.18. The minimum Gasteiger partial charge on any atom is -0.339 e. The highest BCUT2D eigenvalue weighted by Crippen LogP contribution is 2.26. The van der Waals surface area contributed by atoms with Gasteiger partial charge in [-0.05, 0) is 25.3 Å². The molecule has 0 amide bonds. The SMILES string of the molecule is Cc1cnc(N2CC(C)C(Br)C2)nc1C. The Bertz CT molecular complexity index is 357. The maximum Gasteiger partial charge on any atom is 0.225 e. The molecule has 1 aliphatic heterocycles. The van der Waals surface area contributed by atoms with Crippen LogP contribution < -0.4 is 4.90 Å². The number of halogens is 1. The lowest BCUT2D eigenvalue weighted by Crippen LogP contribution is -2.22. The molecule has 0 spiro atoms. The van der Waals surface area contributed by atoms with Crippen LogP contribution in [0.15, 0.2) is 6.20 Å². The standard InChI is InChI=1S/C11H16BrN3/c1-7-4-13-11(14-9(7)3)15-5-8(2)10(12)6-15/h4,8,10H,5-6H2,1-3H3. The van der Waals surface area contributed by atoms with Crippen molar-refractivity contribution in [2.45, 2.75) is 25.6 Å². The summed E-state index contributed by atoms with van der Waals surface area (Å²) in [7, 11) is 0. The van der Waals surface area contributed by atoms with E-state index in [4.69, 9.17) is 0 Å². The van der Waals surface area contributed by atoms with Gasteiger partial charge in [0.15, 0.2) is 0 Å². The predicted octanol–water partition coefficient (Wildman–Crippen LogP) is 2.31. The van der Waals surface area contributed by atoms with E-state index in [0.29, 0.717) is 10.7 Å². The normalized spacial score (nSPS) is 26.0. The summed E-state index contributed by atoms with van der Waals surface area (Å²) in [6, 6.07) is 0. The molecular weight excluding hydrogens is 254 g/mol. The highest BCUT2D eigenvalue weighted by atomic mass is 79.9. The number of alkyl halides is 1. The first-order valence-electron chi connectivity index (χ1n) is 5.27. The fourth-order valence-corrected chi connectivity index (χ4v) is 2.27. The number of hydrogen-bond donors (Lipinski definition) is 0. The molecule has 15 heavy (non-hydrogen) atoms. The van der Waals surface area contributed by atoms with Gasteiger partial charge in [-0.15, -0.1) is 0 Å². The lowest BCUT2D eigenvalue weighted by molar-refractivity contribution is 0.677. The number of hydrogen-bond acceptors (Lipinski definition) is 3. The quantitative estimate of drug-likeness (QED) is 0.733. The van der Waals surface area contributed by atoms with Crippen molar-refractivity contribution < 1.29 is 0 Å². The third-order valence-corrected chi connectivity index (χ3v) is 4.21. The first kappa shape index (κ1) is 10.9. The molecular formula is C11H16BrN3. The minimum atomic E-state index is 0.558. The summed E-state index contributed by atoms with van der Waals surface area (Å²) in [6.45, 7) is 8.37. The Kier molecular flexibility index (Phi) is 2.96. The van der Waals surface area contributed by atoms with Gasteiger partial charge in [0, 0.05) is 29.8 Å². The zero-order chi connectivity index (χ0) is 11.0. The largest absolute Gasteiger partial charge is 0.339 e. The van der Waals surface area contributed by atoms with Crippen molar-refractivity contribution in [2.24, 2.45) is 5.92 Å². The van der Waals surface area contributed by atoms with Crippen molar-refractivity contribution in [3.63, 3.8) is 0 Å². The van der Waals surface area contributed by atoms with Crippen LogP contribution in [-0.4, -0.2) is 27.9 Å². The van der Waals surface area contributed by atoms with Crippen LogP contribution in [0.5, 0.6) is 0 Å². The summed E-state index contributed by atoms with van der Waals surface area (Å²) < 4.78 is 0. The van der Waals surface area contributed by atoms with E-state index < -0.39 is 0 Å². The number of aryl methyl sites for hydroxylation is 2. The number of nitrogens with zero attached hydrogens (tertiary/aromatic N) is 3. The van der Waals surface area contributed by atoms with Gasteiger partial charge in [0.05, 0.1) is 0 Å². The molecule has 1 fully saturated rings. The van der Waals surface area contributed by atoms with Crippen LogP contribution >= 0.6 is 15.9 Å². The molecule has 2 unspecified atom stereocenters.